The van der Waals surface area contributed by atoms with Gasteiger partial charge in [-0.2, -0.15) is 0 Å². The van der Waals surface area contributed by atoms with Gasteiger partial charge in [0.2, 0.25) is 0 Å². The molecule has 1 aromatic carbocycles. The van der Waals surface area contributed by atoms with Crippen molar-refractivity contribution < 1.29 is 4.52 Å². The van der Waals surface area contributed by atoms with Gasteiger partial charge in [-0.05, 0) is 30.7 Å². The number of benzene rings is 1. The smallest absolute Gasteiger partial charge is 0.172 e. The van der Waals surface area contributed by atoms with E-state index in [1.807, 2.05) is 6.07 Å². The second-order valence-corrected chi connectivity index (χ2v) is 5.67. The predicted octanol–water partition coefficient (Wildman–Crippen LogP) is 4.39. The fourth-order valence-electron chi connectivity index (χ4n) is 1.78. The third kappa shape index (κ3) is 3.72. The number of nitrogens with zero attached hydrogens (tertiary/aromatic N) is 1. The number of rotatable bonds is 5. The van der Waals surface area contributed by atoms with Gasteiger partial charge in [0.1, 0.15) is 0 Å². The van der Waals surface area contributed by atoms with Crippen LogP contribution in [-0.4, -0.2) is 11.7 Å². The first kappa shape index (κ1) is 14.4. The lowest BCUT2D eigenvalue weighted by Gasteiger charge is -2.07. The molecular formula is C14H16Cl2N2O. The first-order valence-electron chi connectivity index (χ1n) is 6.17. The minimum Gasteiger partial charge on any atom is -0.356 e. The summed E-state index contributed by atoms with van der Waals surface area (Å²) >= 11 is 12.1. The average Bonchev–Trinajstić information content (AvgIpc) is 2.77. The molecule has 5 heteroatoms. The molecule has 0 fully saturated rings. The van der Waals surface area contributed by atoms with Crippen LogP contribution < -0.4 is 5.32 Å². The molecule has 0 saturated carbocycles. The van der Waals surface area contributed by atoms with Gasteiger partial charge in [-0.15, -0.1) is 0 Å². The zero-order chi connectivity index (χ0) is 13.8. The standard InChI is InChI=1S/C14H16Cl2N2O/c1-9(2)6-17-7-10-8-18-19-14(10)12-4-3-11(15)5-13(12)16/h3-5,8-9,17H,6-7H2,1-2H3. The third-order valence-electron chi connectivity index (χ3n) is 2.69. The lowest BCUT2D eigenvalue weighted by molar-refractivity contribution is 0.431. The third-order valence-corrected chi connectivity index (χ3v) is 3.24. The fraction of sp³-hybridized carbons (Fsp3) is 0.357. The molecule has 0 aliphatic rings. The predicted molar refractivity (Wildman–Crippen MR) is 78.5 cm³/mol. The normalized spacial score (nSPS) is 11.2. The Morgan fingerprint density at radius 3 is 2.79 bits per heavy atom. The van der Waals surface area contributed by atoms with E-state index in [0.29, 0.717) is 28.3 Å². The van der Waals surface area contributed by atoms with Crippen LogP contribution in [0.1, 0.15) is 19.4 Å². The van der Waals surface area contributed by atoms with Crippen molar-refractivity contribution in [2.75, 3.05) is 6.54 Å². The Hall–Kier alpha value is -1.03. The minimum atomic E-state index is 0.564. The summed E-state index contributed by atoms with van der Waals surface area (Å²) in [6.07, 6.45) is 1.72. The second-order valence-electron chi connectivity index (χ2n) is 4.83. The second kappa shape index (κ2) is 6.42. The summed E-state index contributed by atoms with van der Waals surface area (Å²) in [6, 6.07) is 5.33. The van der Waals surface area contributed by atoms with E-state index in [4.69, 9.17) is 27.7 Å². The summed E-state index contributed by atoms with van der Waals surface area (Å²) in [7, 11) is 0. The van der Waals surface area contributed by atoms with Gasteiger partial charge in [0, 0.05) is 22.7 Å². The summed E-state index contributed by atoms with van der Waals surface area (Å²) in [5.41, 5.74) is 1.80. The van der Waals surface area contributed by atoms with Gasteiger partial charge in [-0.1, -0.05) is 42.2 Å². The maximum atomic E-state index is 6.18. The Morgan fingerprint density at radius 2 is 2.11 bits per heavy atom. The summed E-state index contributed by atoms with van der Waals surface area (Å²) < 4.78 is 5.31. The van der Waals surface area contributed by atoms with Crippen molar-refractivity contribution in [3.8, 4) is 11.3 Å². The van der Waals surface area contributed by atoms with Gasteiger partial charge in [-0.3, -0.25) is 0 Å². The molecule has 2 aromatic rings. The van der Waals surface area contributed by atoms with E-state index in [9.17, 15) is 0 Å². The van der Waals surface area contributed by atoms with Crippen LogP contribution in [-0.2, 0) is 6.54 Å². The molecule has 0 unspecified atom stereocenters. The quantitative estimate of drug-likeness (QED) is 0.889. The maximum Gasteiger partial charge on any atom is 0.172 e. The molecule has 0 aliphatic carbocycles. The monoisotopic (exact) mass is 298 g/mol. The highest BCUT2D eigenvalue weighted by atomic mass is 35.5. The number of aromatic nitrogens is 1. The summed E-state index contributed by atoms with van der Waals surface area (Å²) in [5, 5.41) is 8.38. The molecule has 1 aromatic heterocycles. The molecule has 0 atom stereocenters. The van der Waals surface area contributed by atoms with Crippen LogP contribution >= 0.6 is 23.2 Å². The van der Waals surface area contributed by atoms with E-state index in [1.165, 1.54) is 0 Å². The Balaban J connectivity index is 2.19. The summed E-state index contributed by atoms with van der Waals surface area (Å²) in [4.78, 5) is 0. The topological polar surface area (TPSA) is 38.1 Å². The zero-order valence-corrected chi connectivity index (χ0v) is 12.4. The van der Waals surface area contributed by atoms with Gasteiger partial charge < -0.3 is 9.84 Å². The molecule has 0 saturated heterocycles. The van der Waals surface area contributed by atoms with Gasteiger partial charge in [0.05, 0.1) is 11.2 Å². The molecule has 102 valence electrons. The van der Waals surface area contributed by atoms with E-state index in [-0.39, 0.29) is 0 Å². The Labute approximate surface area is 122 Å². The molecule has 0 bridgehead atoms. The number of halogens is 2. The Morgan fingerprint density at radius 1 is 1.32 bits per heavy atom. The molecule has 0 amide bonds. The highest BCUT2D eigenvalue weighted by molar-refractivity contribution is 6.36. The van der Waals surface area contributed by atoms with Crippen molar-refractivity contribution in [3.63, 3.8) is 0 Å². The molecular weight excluding hydrogens is 283 g/mol. The van der Waals surface area contributed by atoms with Gasteiger partial charge in [0.15, 0.2) is 5.76 Å². The fourth-order valence-corrected chi connectivity index (χ4v) is 2.27. The van der Waals surface area contributed by atoms with Crippen LogP contribution in [0.4, 0.5) is 0 Å². The number of hydrogen-bond donors (Lipinski definition) is 1. The Kier molecular flexibility index (Phi) is 4.86. The number of nitrogens with one attached hydrogen (secondary N) is 1. The van der Waals surface area contributed by atoms with Gasteiger partial charge >= 0.3 is 0 Å². The molecule has 3 nitrogen and oxygen atoms in total. The van der Waals surface area contributed by atoms with Crippen LogP contribution in [0.15, 0.2) is 28.9 Å². The van der Waals surface area contributed by atoms with Crippen molar-refractivity contribution in [1.29, 1.82) is 0 Å². The molecule has 0 radical (unpaired) electrons. The van der Waals surface area contributed by atoms with Gasteiger partial charge in [-0.25, -0.2) is 0 Å². The largest absolute Gasteiger partial charge is 0.356 e. The van der Waals surface area contributed by atoms with E-state index >= 15 is 0 Å². The maximum absolute atomic E-state index is 6.18. The minimum absolute atomic E-state index is 0.564. The van der Waals surface area contributed by atoms with Crippen molar-refractivity contribution in [1.82, 2.24) is 10.5 Å². The molecule has 1 N–H and O–H groups in total. The summed E-state index contributed by atoms with van der Waals surface area (Å²) in [5.74, 6) is 1.29. The van der Waals surface area contributed by atoms with Crippen LogP contribution in [0.5, 0.6) is 0 Å². The van der Waals surface area contributed by atoms with Crippen LogP contribution in [0, 0.1) is 5.92 Å². The molecule has 1 heterocycles. The van der Waals surface area contributed by atoms with Crippen molar-refractivity contribution in [3.05, 3.63) is 40.0 Å². The molecule has 0 spiro atoms. The summed E-state index contributed by atoms with van der Waals surface area (Å²) in [6.45, 7) is 5.98. The van der Waals surface area contributed by atoms with E-state index in [1.54, 1.807) is 18.3 Å². The van der Waals surface area contributed by atoms with Crippen LogP contribution in [0.3, 0.4) is 0 Å². The van der Waals surface area contributed by atoms with Crippen LogP contribution in [0.25, 0.3) is 11.3 Å². The van der Waals surface area contributed by atoms with E-state index < -0.39 is 0 Å². The lowest BCUT2D eigenvalue weighted by Crippen LogP contribution is -2.18. The van der Waals surface area contributed by atoms with Crippen LogP contribution in [0.2, 0.25) is 10.0 Å². The first-order chi connectivity index (χ1) is 9.08. The highest BCUT2D eigenvalue weighted by Gasteiger charge is 2.14. The molecule has 2 rings (SSSR count). The lowest BCUT2D eigenvalue weighted by atomic mass is 10.1. The molecule has 19 heavy (non-hydrogen) atoms. The average molecular weight is 299 g/mol. The SMILES string of the molecule is CC(C)CNCc1cnoc1-c1ccc(Cl)cc1Cl. The zero-order valence-electron chi connectivity index (χ0n) is 10.9. The first-order valence-corrected chi connectivity index (χ1v) is 6.93. The van der Waals surface area contributed by atoms with Gasteiger partial charge in [0.25, 0.3) is 0 Å². The van der Waals surface area contributed by atoms with E-state index in [2.05, 4.69) is 24.3 Å². The molecule has 0 aliphatic heterocycles. The number of hydrogen-bond acceptors (Lipinski definition) is 3. The highest BCUT2D eigenvalue weighted by Crippen LogP contribution is 2.32. The van der Waals surface area contributed by atoms with Crippen molar-refractivity contribution >= 4 is 23.2 Å². The van der Waals surface area contributed by atoms with Crippen molar-refractivity contribution in [2.24, 2.45) is 5.92 Å². The van der Waals surface area contributed by atoms with Crippen molar-refractivity contribution in [2.45, 2.75) is 20.4 Å². The Bertz CT molecular complexity index is 552. The van der Waals surface area contributed by atoms with E-state index in [0.717, 1.165) is 17.7 Å².